The first-order chi connectivity index (χ1) is 7.44. The third-order valence-corrected chi connectivity index (χ3v) is 2.94. The van der Waals surface area contributed by atoms with E-state index in [0.717, 1.165) is 12.8 Å². The monoisotopic (exact) mass is 237 g/mol. The van der Waals surface area contributed by atoms with Crippen LogP contribution in [0.4, 0.5) is 8.78 Å². The molecular weight excluding hydrogens is 216 g/mol. The first kappa shape index (κ1) is 13.8. The van der Waals surface area contributed by atoms with Crippen LogP contribution in [0.15, 0.2) is 0 Å². The molecule has 1 saturated heterocycles. The maximum atomic E-state index is 12.8. The van der Waals surface area contributed by atoms with E-state index in [-0.39, 0.29) is 12.1 Å². The molecule has 5 heteroatoms. The van der Waals surface area contributed by atoms with Crippen molar-refractivity contribution in [2.75, 3.05) is 19.8 Å². The van der Waals surface area contributed by atoms with Crippen molar-refractivity contribution in [3.8, 4) is 0 Å². The number of rotatable bonds is 5. The van der Waals surface area contributed by atoms with Crippen molar-refractivity contribution in [2.45, 2.75) is 44.8 Å². The van der Waals surface area contributed by atoms with E-state index in [2.05, 4.69) is 19.2 Å². The highest BCUT2D eigenvalue weighted by atomic mass is 19.3. The molecule has 0 bridgehead atoms. The summed E-state index contributed by atoms with van der Waals surface area (Å²) in [6.07, 6.45) is 1.66. The molecule has 0 saturated carbocycles. The quantitative estimate of drug-likeness (QED) is 0.759. The van der Waals surface area contributed by atoms with Gasteiger partial charge in [-0.15, -0.1) is 0 Å². The van der Waals surface area contributed by atoms with Crippen LogP contribution >= 0.6 is 0 Å². The first-order valence-electron chi connectivity index (χ1n) is 5.78. The van der Waals surface area contributed by atoms with Crippen molar-refractivity contribution in [1.82, 2.24) is 5.32 Å². The summed E-state index contributed by atoms with van der Waals surface area (Å²) in [4.78, 5) is 0. The number of aliphatic hydroxyl groups excluding tert-OH is 1. The van der Waals surface area contributed by atoms with Gasteiger partial charge in [0.2, 0.25) is 0 Å². The number of hydrogen-bond acceptors (Lipinski definition) is 3. The molecule has 0 radical (unpaired) electrons. The van der Waals surface area contributed by atoms with Gasteiger partial charge in [0.1, 0.15) is 6.61 Å². The first-order valence-corrected chi connectivity index (χ1v) is 5.78. The summed E-state index contributed by atoms with van der Waals surface area (Å²) in [6, 6.07) is 0.0681. The molecule has 0 spiro atoms. The molecule has 2 N–H and O–H groups in total. The highest BCUT2D eigenvalue weighted by Gasteiger charge is 2.30. The Morgan fingerprint density at radius 2 is 2.19 bits per heavy atom. The molecule has 16 heavy (non-hydrogen) atoms. The Kier molecular flexibility index (Phi) is 5.08. The molecular formula is C11H21F2NO2. The molecule has 1 aliphatic heterocycles. The largest absolute Gasteiger partial charge is 0.390 e. The number of hydrogen-bond donors (Lipinski definition) is 2. The topological polar surface area (TPSA) is 41.5 Å². The van der Waals surface area contributed by atoms with Crippen molar-refractivity contribution in [3.63, 3.8) is 0 Å². The lowest BCUT2D eigenvalue weighted by Crippen LogP contribution is -2.46. The lowest BCUT2D eigenvalue weighted by atomic mass is 9.95. The lowest BCUT2D eigenvalue weighted by Gasteiger charge is -2.33. The molecule has 2 atom stereocenters. The Morgan fingerprint density at radius 3 is 2.75 bits per heavy atom. The SMILES string of the molecule is CC(C)C1CC(NCC(F)(F)CO)CCO1. The van der Waals surface area contributed by atoms with E-state index in [1.165, 1.54) is 0 Å². The Labute approximate surface area is 95.2 Å². The number of aliphatic hydroxyl groups is 1. The van der Waals surface area contributed by atoms with Gasteiger partial charge in [-0.3, -0.25) is 0 Å². The second kappa shape index (κ2) is 5.89. The van der Waals surface area contributed by atoms with Crippen molar-refractivity contribution in [1.29, 1.82) is 0 Å². The number of nitrogens with one attached hydrogen (secondary N) is 1. The van der Waals surface area contributed by atoms with Crippen LogP contribution in [0.3, 0.4) is 0 Å². The van der Waals surface area contributed by atoms with Crippen molar-refractivity contribution in [3.05, 3.63) is 0 Å². The van der Waals surface area contributed by atoms with Gasteiger partial charge in [0, 0.05) is 12.6 Å². The molecule has 1 aliphatic rings. The zero-order chi connectivity index (χ0) is 12.2. The minimum atomic E-state index is -3.02. The summed E-state index contributed by atoms with van der Waals surface area (Å²) in [5.41, 5.74) is 0. The van der Waals surface area contributed by atoms with Crippen LogP contribution in [-0.2, 0) is 4.74 Å². The van der Waals surface area contributed by atoms with Crippen LogP contribution in [-0.4, -0.2) is 42.9 Å². The Bertz CT molecular complexity index is 212. The maximum absolute atomic E-state index is 12.8. The molecule has 0 aromatic heterocycles. The summed E-state index contributed by atoms with van der Waals surface area (Å²) >= 11 is 0. The Morgan fingerprint density at radius 1 is 1.50 bits per heavy atom. The summed E-state index contributed by atoms with van der Waals surface area (Å²) in [5.74, 6) is -2.62. The fraction of sp³-hybridized carbons (Fsp3) is 1.00. The summed E-state index contributed by atoms with van der Waals surface area (Å²) in [6.45, 7) is 3.19. The van der Waals surface area contributed by atoms with Crippen LogP contribution in [0.5, 0.6) is 0 Å². The van der Waals surface area contributed by atoms with Gasteiger partial charge >= 0.3 is 0 Å². The van der Waals surface area contributed by atoms with Crippen LogP contribution in [0, 0.1) is 5.92 Å². The zero-order valence-electron chi connectivity index (χ0n) is 9.88. The third-order valence-electron chi connectivity index (χ3n) is 2.94. The van der Waals surface area contributed by atoms with Crippen LogP contribution in [0.2, 0.25) is 0 Å². The normalized spacial score (nSPS) is 27.4. The minimum absolute atomic E-state index is 0.0681. The van der Waals surface area contributed by atoms with Gasteiger partial charge in [0.05, 0.1) is 12.6 Å². The number of ether oxygens (including phenoxy) is 1. The van der Waals surface area contributed by atoms with Crippen molar-refractivity contribution < 1.29 is 18.6 Å². The maximum Gasteiger partial charge on any atom is 0.282 e. The third kappa shape index (κ3) is 4.31. The molecule has 0 aliphatic carbocycles. The van der Waals surface area contributed by atoms with E-state index in [4.69, 9.17) is 9.84 Å². The average Bonchev–Trinajstić information content (AvgIpc) is 2.27. The average molecular weight is 237 g/mol. The highest BCUT2D eigenvalue weighted by molar-refractivity contribution is 4.80. The van der Waals surface area contributed by atoms with Gasteiger partial charge in [-0.2, -0.15) is 0 Å². The van der Waals surface area contributed by atoms with Crippen LogP contribution in [0.1, 0.15) is 26.7 Å². The molecule has 1 rings (SSSR count). The van der Waals surface area contributed by atoms with Crippen LogP contribution in [0.25, 0.3) is 0 Å². The summed E-state index contributed by atoms with van der Waals surface area (Å²) in [5, 5.41) is 11.3. The van der Waals surface area contributed by atoms with Gasteiger partial charge in [-0.05, 0) is 18.8 Å². The molecule has 0 amide bonds. The Balaban J connectivity index is 2.32. The second-order valence-corrected chi connectivity index (χ2v) is 4.77. The zero-order valence-corrected chi connectivity index (χ0v) is 9.88. The van der Waals surface area contributed by atoms with Crippen molar-refractivity contribution in [2.24, 2.45) is 5.92 Å². The van der Waals surface area contributed by atoms with Gasteiger partial charge in [0.15, 0.2) is 0 Å². The smallest absolute Gasteiger partial charge is 0.282 e. The van der Waals surface area contributed by atoms with E-state index in [1.807, 2.05) is 0 Å². The van der Waals surface area contributed by atoms with E-state index >= 15 is 0 Å². The molecule has 96 valence electrons. The molecule has 1 fully saturated rings. The standard InChI is InChI=1S/C11H21F2NO2/c1-8(2)10-5-9(3-4-16-10)14-6-11(12,13)7-15/h8-10,14-15H,3-7H2,1-2H3. The van der Waals surface area contributed by atoms with Crippen molar-refractivity contribution >= 4 is 0 Å². The fourth-order valence-electron chi connectivity index (χ4n) is 1.83. The highest BCUT2D eigenvalue weighted by Crippen LogP contribution is 2.21. The van der Waals surface area contributed by atoms with E-state index in [1.54, 1.807) is 0 Å². The van der Waals surface area contributed by atoms with E-state index < -0.39 is 19.1 Å². The predicted molar refractivity (Wildman–Crippen MR) is 57.6 cm³/mol. The molecule has 2 unspecified atom stereocenters. The van der Waals surface area contributed by atoms with E-state index in [9.17, 15) is 8.78 Å². The lowest BCUT2D eigenvalue weighted by molar-refractivity contribution is -0.0597. The van der Waals surface area contributed by atoms with Crippen LogP contribution < -0.4 is 5.32 Å². The fourth-order valence-corrected chi connectivity index (χ4v) is 1.83. The number of halogens is 2. The minimum Gasteiger partial charge on any atom is -0.390 e. The molecule has 0 aromatic carbocycles. The second-order valence-electron chi connectivity index (χ2n) is 4.77. The summed E-state index contributed by atoms with van der Waals surface area (Å²) in [7, 11) is 0. The van der Waals surface area contributed by atoms with Gasteiger partial charge in [-0.25, -0.2) is 8.78 Å². The molecule has 1 heterocycles. The Hall–Kier alpha value is -0.260. The van der Waals surface area contributed by atoms with Gasteiger partial charge in [-0.1, -0.05) is 13.8 Å². The van der Waals surface area contributed by atoms with Gasteiger partial charge < -0.3 is 15.2 Å². The predicted octanol–water partition coefficient (Wildman–Crippen LogP) is 1.41. The van der Waals surface area contributed by atoms with E-state index in [0.29, 0.717) is 12.5 Å². The number of alkyl halides is 2. The molecule has 0 aromatic rings. The molecule has 3 nitrogen and oxygen atoms in total. The van der Waals surface area contributed by atoms with Gasteiger partial charge in [0.25, 0.3) is 5.92 Å². The summed E-state index contributed by atoms with van der Waals surface area (Å²) < 4.78 is 31.2.